The van der Waals surface area contributed by atoms with Crippen molar-refractivity contribution in [3.05, 3.63) is 18.7 Å². The zero-order valence-corrected chi connectivity index (χ0v) is 15.8. The summed E-state index contributed by atoms with van der Waals surface area (Å²) in [6.07, 6.45) is 27.3. The second-order valence-electron chi connectivity index (χ2n) is 7.24. The van der Waals surface area contributed by atoms with Crippen molar-refractivity contribution >= 4 is 0 Å². The summed E-state index contributed by atoms with van der Waals surface area (Å²) in [5.74, 6) is 0. The van der Waals surface area contributed by atoms with Crippen molar-refractivity contribution in [1.82, 2.24) is 9.55 Å². The molecule has 0 spiro atoms. The quantitative estimate of drug-likeness (QED) is 0.292. The molecule has 1 aromatic heterocycles. The van der Waals surface area contributed by atoms with Crippen molar-refractivity contribution in [3.63, 3.8) is 0 Å². The van der Waals surface area contributed by atoms with Crippen molar-refractivity contribution < 1.29 is 0 Å². The van der Waals surface area contributed by atoms with E-state index in [-0.39, 0.29) is 0 Å². The summed E-state index contributed by atoms with van der Waals surface area (Å²) in [6, 6.07) is 0.606. The first-order valence-corrected chi connectivity index (χ1v) is 10.3. The molecule has 0 N–H and O–H groups in total. The summed E-state index contributed by atoms with van der Waals surface area (Å²) in [7, 11) is 0. The minimum Gasteiger partial charge on any atom is -0.335 e. The molecule has 0 amide bonds. The van der Waals surface area contributed by atoms with Crippen LogP contribution in [0.2, 0.25) is 0 Å². The van der Waals surface area contributed by atoms with Crippen LogP contribution in [0.15, 0.2) is 18.7 Å². The second-order valence-corrected chi connectivity index (χ2v) is 7.24. The van der Waals surface area contributed by atoms with Crippen LogP contribution in [-0.4, -0.2) is 9.55 Å². The van der Waals surface area contributed by atoms with E-state index in [9.17, 15) is 0 Å². The van der Waals surface area contributed by atoms with Crippen molar-refractivity contribution in [1.29, 1.82) is 0 Å². The van der Waals surface area contributed by atoms with E-state index in [1.807, 2.05) is 12.5 Å². The maximum atomic E-state index is 4.12. The van der Waals surface area contributed by atoms with Gasteiger partial charge in [0.2, 0.25) is 0 Å². The van der Waals surface area contributed by atoms with Gasteiger partial charge in [0.05, 0.1) is 6.33 Å². The van der Waals surface area contributed by atoms with Gasteiger partial charge in [0.15, 0.2) is 0 Å². The van der Waals surface area contributed by atoms with E-state index in [0.29, 0.717) is 6.04 Å². The molecule has 1 aromatic rings. The Bertz CT molecular complexity index is 332. The Morgan fingerprint density at radius 2 is 1.22 bits per heavy atom. The van der Waals surface area contributed by atoms with Gasteiger partial charge < -0.3 is 4.57 Å². The van der Waals surface area contributed by atoms with Crippen LogP contribution in [0.25, 0.3) is 0 Å². The van der Waals surface area contributed by atoms with Crippen molar-refractivity contribution in [2.24, 2.45) is 0 Å². The fourth-order valence-corrected chi connectivity index (χ4v) is 3.31. The number of rotatable bonds is 16. The fraction of sp³-hybridized carbons (Fsp3) is 0.857. The molecule has 1 unspecified atom stereocenters. The zero-order valence-electron chi connectivity index (χ0n) is 15.8. The molecular weight excluding hydrogens is 280 g/mol. The summed E-state index contributed by atoms with van der Waals surface area (Å²) in [6.45, 7) is 4.59. The highest BCUT2D eigenvalue weighted by molar-refractivity contribution is 4.78. The van der Waals surface area contributed by atoms with E-state index in [4.69, 9.17) is 0 Å². The molecule has 0 aromatic carbocycles. The minimum atomic E-state index is 0.606. The topological polar surface area (TPSA) is 17.8 Å². The monoisotopic (exact) mass is 320 g/mol. The summed E-state index contributed by atoms with van der Waals surface area (Å²) in [4.78, 5) is 4.12. The molecule has 0 saturated carbocycles. The first-order chi connectivity index (χ1) is 11.3. The van der Waals surface area contributed by atoms with E-state index in [0.717, 1.165) is 0 Å². The molecule has 1 rings (SSSR count). The molecule has 0 saturated heterocycles. The third-order valence-electron chi connectivity index (χ3n) is 5.01. The number of imidazole rings is 1. The van der Waals surface area contributed by atoms with Crippen LogP contribution in [0, 0.1) is 0 Å². The predicted octanol–water partition coefficient (Wildman–Crippen LogP) is 7.32. The maximum absolute atomic E-state index is 4.12. The summed E-state index contributed by atoms with van der Waals surface area (Å²) in [5.41, 5.74) is 0. The summed E-state index contributed by atoms with van der Waals surface area (Å²) >= 11 is 0. The lowest BCUT2D eigenvalue weighted by Crippen LogP contribution is -2.01. The number of aromatic nitrogens is 2. The van der Waals surface area contributed by atoms with Crippen molar-refractivity contribution in [2.75, 3.05) is 0 Å². The molecule has 2 nitrogen and oxygen atoms in total. The molecule has 2 heteroatoms. The van der Waals surface area contributed by atoms with Gasteiger partial charge in [-0.3, -0.25) is 0 Å². The van der Waals surface area contributed by atoms with Crippen LogP contribution in [0.5, 0.6) is 0 Å². The van der Waals surface area contributed by atoms with Crippen LogP contribution in [-0.2, 0) is 0 Å². The highest BCUT2D eigenvalue weighted by atomic mass is 15.0. The number of hydrogen-bond acceptors (Lipinski definition) is 1. The van der Waals surface area contributed by atoms with Crippen LogP contribution in [0.4, 0.5) is 0 Å². The lowest BCUT2D eigenvalue weighted by atomic mass is 10.0. The Morgan fingerprint density at radius 3 is 1.65 bits per heavy atom. The van der Waals surface area contributed by atoms with Gasteiger partial charge in [-0.1, -0.05) is 96.8 Å². The number of hydrogen-bond donors (Lipinski definition) is 0. The van der Waals surface area contributed by atoms with Gasteiger partial charge in [-0.05, 0) is 13.3 Å². The van der Waals surface area contributed by atoms with E-state index in [2.05, 4.69) is 29.6 Å². The zero-order chi connectivity index (χ0) is 16.6. The molecular formula is C21H40N2. The number of unbranched alkanes of at least 4 members (excludes halogenated alkanes) is 13. The minimum absolute atomic E-state index is 0.606. The first-order valence-electron chi connectivity index (χ1n) is 10.3. The Morgan fingerprint density at radius 1 is 0.739 bits per heavy atom. The van der Waals surface area contributed by atoms with Gasteiger partial charge >= 0.3 is 0 Å². The standard InChI is InChI=1S/C21H40N2/c1-3-4-5-6-7-8-9-10-11-12-13-14-15-16-17-21(2)23-19-18-22-20-23/h18-21H,3-17H2,1-2H3. The van der Waals surface area contributed by atoms with Crippen LogP contribution in [0.1, 0.15) is 116 Å². The average molecular weight is 321 g/mol. The van der Waals surface area contributed by atoms with Crippen LogP contribution >= 0.6 is 0 Å². The lowest BCUT2D eigenvalue weighted by molar-refractivity contribution is 0.465. The second kappa shape index (κ2) is 14.8. The normalized spacial score (nSPS) is 12.6. The Kier molecular flexibility index (Phi) is 13.0. The molecule has 0 radical (unpaired) electrons. The van der Waals surface area contributed by atoms with Gasteiger partial charge in [0, 0.05) is 18.4 Å². The van der Waals surface area contributed by atoms with E-state index >= 15 is 0 Å². The smallest absolute Gasteiger partial charge is 0.0948 e. The summed E-state index contributed by atoms with van der Waals surface area (Å²) in [5, 5.41) is 0. The molecule has 1 heterocycles. The first kappa shape index (κ1) is 20.3. The molecule has 0 aliphatic rings. The van der Waals surface area contributed by atoms with Crippen LogP contribution in [0.3, 0.4) is 0 Å². The molecule has 134 valence electrons. The summed E-state index contributed by atoms with van der Waals surface area (Å²) < 4.78 is 2.22. The van der Waals surface area contributed by atoms with E-state index < -0.39 is 0 Å². The van der Waals surface area contributed by atoms with E-state index in [1.54, 1.807) is 0 Å². The Balaban J connectivity index is 1.75. The largest absolute Gasteiger partial charge is 0.335 e. The van der Waals surface area contributed by atoms with Crippen LogP contribution < -0.4 is 0 Å². The predicted molar refractivity (Wildman–Crippen MR) is 102 cm³/mol. The molecule has 0 fully saturated rings. The highest BCUT2D eigenvalue weighted by Crippen LogP contribution is 2.17. The van der Waals surface area contributed by atoms with Gasteiger partial charge in [-0.25, -0.2) is 4.98 Å². The SMILES string of the molecule is CCCCCCCCCCCCCCCCC(C)n1ccnc1. The van der Waals surface area contributed by atoms with Crippen molar-refractivity contribution in [2.45, 2.75) is 116 Å². The molecule has 0 aliphatic carbocycles. The third-order valence-corrected chi connectivity index (χ3v) is 5.01. The van der Waals surface area contributed by atoms with Gasteiger partial charge in [-0.2, -0.15) is 0 Å². The molecule has 0 bridgehead atoms. The van der Waals surface area contributed by atoms with Gasteiger partial charge in [0.1, 0.15) is 0 Å². The number of nitrogens with zero attached hydrogens (tertiary/aromatic N) is 2. The highest BCUT2D eigenvalue weighted by Gasteiger charge is 2.02. The molecule has 0 aliphatic heterocycles. The molecule has 1 atom stereocenters. The average Bonchev–Trinajstić information content (AvgIpc) is 3.09. The Labute approximate surface area is 145 Å². The fourth-order valence-electron chi connectivity index (χ4n) is 3.31. The third kappa shape index (κ3) is 11.4. The molecule has 23 heavy (non-hydrogen) atoms. The lowest BCUT2D eigenvalue weighted by Gasteiger charge is -2.12. The van der Waals surface area contributed by atoms with Gasteiger partial charge in [0.25, 0.3) is 0 Å². The Hall–Kier alpha value is -0.790. The van der Waals surface area contributed by atoms with Gasteiger partial charge in [-0.15, -0.1) is 0 Å². The van der Waals surface area contributed by atoms with Crippen molar-refractivity contribution in [3.8, 4) is 0 Å². The van der Waals surface area contributed by atoms with E-state index in [1.165, 1.54) is 96.3 Å². The maximum Gasteiger partial charge on any atom is 0.0948 e.